The van der Waals surface area contributed by atoms with E-state index >= 15 is 0 Å². The van der Waals surface area contributed by atoms with Crippen molar-refractivity contribution in [3.63, 3.8) is 0 Å². The van der Waals surface area contributed by atoms with Crippen LogP contribution in [-0.2, 0) is 10.0 Å². The van der Waals surface area contributed by atoms with E-state index in [-0.39, 0.29) is 5.75 Å². The molecular weight excluding hydrogens is 224 g/mol. The summed E-state index contributed by atoms with van der Waals surface area (Å²) in [5.74, 6) is 0.901. The Kier molecular flexibility index (Phi) is 4.76. The Hall–Kier alpha value is -0.130. The first-order chi connectivity index (χ1) is 7.41. The zero-order valence-electron chi connectivity index (χ0n) is 10.3. The highest BCUT2D eigenvalue weighted by Gasteiger charge is 2.26. The van der Waals surface area contributed by atoms with Crippen LogP contribution in [0.5, 0.6) is 0 Å². The molecule has 0 amide bonds. The van der Waals surface area contributed by atoms with Gasteiger partial charge in [-0.3, -0.25) is 0 Å². The first kappa shape index (κ1) is 13.9. The molecule has 0 aliphatic heterocycles. The summed E-state index contributed by atoms with van der Waals surface area (Å²) in [6, 6.07) is 0. The number of rotatable bonds is 8. The van der Waals surface area contributed by atoms with E-state index in [0.29, 0.717) is 12.5 Å². The van der Waals surface area contributed by atoms with Gasteiger partial charge in [-0.15, -0.1) is 0 Å². The maximum absolute atomic E-state index is 11.7. The van der Waals surface area contributed by atoms with E-state index < -0.39 is 15.6 Å². The summed E-state index contributed by atoms with van der Waals surface area (Å²) in [6.07, 6.45) is 4.76. The molecule has 0 aromatic heterocycles. The Morgan fingerprint density at radius 3 is 2.31 bits per heavy atom. The standard InChI is InChI=1S/C11H24N2O2S/c1-3-11(12,4-2)9-13-16(14,15)8-7-10-5-6-10/h10,13H,3-9,12H2,1-2H3. The van der Waals surface area contributed by atoms with Gasteiger partial charge >= 0.3 is 0 Å². The molecule has 96 valence electrons. The van der Waals surface area contributed by atoms with Gasteiger partial charge in [0, 0.05) is 12.1 Å². The lowest BCUT2D eigenvalue weighted by molar-refractivity contribution is 0.391. The van der Waals surface area contributed by atoms with Crippen LogP contribution in [0.15, 0.2) is 0 Å². The van der Waals surface area contributed by atoms with Crippen molar-refractivity contribution >= 4 is 10.0 Å². The molecule has 3 N–H and O–H groups in total. The molecule has 0 saturated heterocycles. The monoisotopic (exact) mass is 248 g/mol. The summed E-state index contributed by atoms with van der Waals surface area (Å²) in [5.41, 5.74) is 5.65. The largest absolute Gasteiger partial charge is 0.324 e. The second kappa shape index (κ2) is 5.47. The van der Waals surface area contributed by atoms with Gasteiger partial charge in [0.05, 0.1) is 5.75 Å². The first-order valence-corrected chi connectivity index (χ1v) is 7.82. The van der Waals surface area contributed by atoms with Crippen LogP contribution < -0.4 is 10.5 Å². The van der Waals surface area contributed by atoms with Gasteiger partial charge < -0.3 is 5.73 Å². The van der Waals surface area contributed by atoms with E-state index in [1.54, 1.807) is 0 Å². The zero-order valence-corrected chi connectivity index (χ0v) is 11.1. The van der Waals surface area contributed by atoms with Crippen LogP contribution in [0.2, 0.25) is 0 Å². The molecule has 1 fully saturated rings. The van der Waals surface area contributed by atoms with Crippen molar-refractivity contribution in [2.45, 2.75) is 51.5 Å². The fourth-order valence-electron chi connectivity index (χ4n) is 1.55. The Labute approximate surface area is 99.0 Å². The van der Waals surface area contributed by atoms with Gasteiger partial charge in [0.25, 0.3) is 0 Å². The third-order valence-corrected chi connectivity index (χ3v) is 4.90. The molecule has 1 aliphatic rings. The maximum Gasteiger partial charge on any atom is 0.211 e. The predicted molar refractivity (Wildman–Crippen MR) is 66.6 cm³/mol. The third-order valence-electron chi connectivity index (χ3n) is 3.54. The molecule has 0 spiro atoms. The van der Waals surface area contributed by atoms with Crippen molar-refractivity contribution in [1.82, 2.24) is 4.72 Å². The van der Waals surface area contributed by atoms with Gasteiger partial charge in [-0.2, -0.15) is 0 Å². The normalized spacial score (nSPS) is 17.7. The minimum absolute atomic E-state index is 0.251. The number of sulfonamides is 1. The average molecular weight is 248 g/mol. The molecule has 1 aliphatic carbocycles. The fraction of sp³-hybridized carbons (Fsp3) is 1.00. The van der Waals surface area contributed by atoms with E-state index in [2.05, 4.69) is 4.72 Å². The van der Waals surface area contributed by atoms with Crippen molar-refractivity contribution in [3.05, 3.63) is 0 Å². The van der Waals surface area contributed by atoms with Gasteiger partial charge in [-0.25, -0.2) is 13.1 Å². The van der Waals surface area contributed by atoms with Crippen LogP contribution in [-0.4, -0.2) is 26.3 Å². The molecule has 1 saturated carbocycles. The topological polar surface area (TPSA) is 72.2 Å². The lowest BCUT2D eigenvalue weighted by Crippen LogP contribution is -2.49. The molecule has 0 atom stereocenters. The lowest BCUT2D eigenvalue weighted by atomic mass is 9.95. The van der Waals surface area contributed by atoms with E-state index in [1.165, 1.54) is 12.8 Å². The molecule has 1 rings (SSSR count). The first-order valence-electron chi connectivity index (χ1n) is 6.17. The third kappa shape index (κ3) is 4.80. The number of hydrogen-bond acceptors (Lipinski definition) is 3. The van der Waals surface area contributed by atoms with Crippen LogP contribution in [0.4, 0.5) is 0 Å². The van der Waals surface area contributed by atoms with Crippen LogP contribution in [0.3, 0.4) is 0 Å². The molecule has 0 bridgehead atoms. The van der Waals surface area contributed by atoms with E-state index in [4.69, 9.17) is 5.73 Å². The number of nitrogens with two attached hydrogens (primary N) is 1. The van der Waals surface area contributed by atoms with Crippen molar-refractivity contribution in [3.8, 4) is 0 Å². The Bertz CT molecular complexity index is 306. The van der Waals surface area contributed by atoms with E-state index in [1.807, 2.05) is 13.8 Å². The molecular formula is C11H24N2O2S. The summed E-state index contributed by atoms with van der Waals surface area (Å²) in [7, 11) is -3.12. The molecule has 0 aromatic carbocycles. The quantitative estimate of drug-likeness (QED) is 0.678. The highest BCUT2D eigenvalue weighted by atomic mass is 32.2. The van der Waals surface area contributed by atoms with Gasteiger partial charge in [0.1, 0.15) is 0 Å². The SMILES string of the molecule is CCC(N)(CC)CNS(=O)(=O)CCC1CC1. The van der Waals surface area contributed by atoms with Gasteiger partial charge in [0.2, 0.25) is 10.0 Å². The molecule has 0 aromatic rings. The van der Waals surface area contributed by atoms with Gasteiger partial charge in [-0.1, -0.05) is 26.7 Å². The van der Waals surface area contributed by atoms with Crippen LogP contribution in [0.1, 0.15) is 46.0 Å². The lowest BCUT2D eigenvalue weighted by Gasteiger charge is -2.26. The Balaban J connectivity index is 2.33. The molecule has 0 unspecified atom stereocenters. The van der Waals surface area contributed by atoms with Crippen molar-refractivity contribution in [1.29, 1.82) is 0 Å². The zero-order chi connectivity index (χ0) is 12.2. The molecule has 4 nitrogen and oxygen atoms in total. The van der Waals surface area contributed by atoms with Crippen LogP contribution >= 0.6 is 0 Å². The van der Waals surface area contributed by atoms with Crippen LogP contribution in [0, 0.1) is 5.92 Å². The van der Waals surface area contributed by atoms with Crippen LogP contribution in [0.25, 0.3) is 0 Å². The summed E-state index contributed by atoms with van der Waals surface area (Å²) < 4.78 is 26.0. The van der Waals surface area contributed by atoms with Gasteiger partial charge in [0.15, 0.2) is 0 Å². The highest BCUT2D eigenvalue weighted by molar-refractivity contribution is 7.89. The number of hydrogen-bond donors (Lipinski definition) is 2. The van der Waals surface area contributed by atoms with Gasteiger partial charge in [-0.05, 0) is 25.2 Å². The van der Waals surface area contributed by atoms with Crippen molar-refractivity contribution in [2.75, 3.05) is 12.3 Å². The summed E-state index contributed by atoms with van der Waals surface area (Å²) >= 11 is 0. The summed E-state index contributed by atoms with van der Waals surface area (Å²) in [6.45, 7) is 4.33. The second-order valence-corrected chi connectivity index (χ2v) is 6.87. The van der Waals surface area contributed by atoms with Crippen molar-refractivity contribution in [2.24, 2.45) is 11.7 Å². The number of nitrogens with one attached hydrogen (secondary N) is 1. The molecule has 0 heterocycles. The Morgan fingerprint density at radius 2 is 1.88 bits per heavy atom. The smallest absolute Gasteiger partial charge is 0.211 e. The predicted octanol–water partition coefficient (Wildman–Crippen LogP) is 1.22. The fourth-order valence-corrected chi connectivity index (χ4v) is 2.85. The molecule has 16 heavy (non-hydrogen) atoms. The minimum Gasteiger partial charge on any atom is -0.324 e. The summed E-state index contributed by atoms with van der Waals surface area (Å²) in [5, 5.41) is 0. The van der Waals surface area contributed by atoms with E-state index in [0.717, 1.165) is 19.3 Å². The molecule has 0 radical (unpaired) electrons. The van der Waals surface area contributed by atoms with E-state index in [9.17, 15) is 8.42 Å². The Morgan fingerprint density at radius 1 is 1.31 bits per heavy atom. The minimum atomic E-state index is -3.12. The molecule has 5 heteroatoms. The highest BCUT2D eigenvalue weighted by Crippen LogP contribution is 2.32. The second-order valence-electron chi connectivity index (χ2n) is 4.94. The average Bonchev–Trinajstić information content (AvgIpc) is 3.07. The van der Waals surface area contributed by atoms with Crippen molar-refractivity contribution < 1.29 is 8.42 Å². The maximum atomic E-state index is 11.7. The summed E-state index contributed by atoms with van der Waals surface area (Å²) in [4.78, 5) is 0.